The molecule has 1 radical (unpaired) electrons. The Labute approximate surface area is 117 Å². The SMILES string of the molecule is CCOC(=O)CC([C]=O)Oc1ccc2ccccc2c1. The molecule has 4 nitrogen and oxygen atoms in total. The highest BCUT2D eigenvalue weighted by molar-refractivity contribution is 5.84. The van der Waals surface area contributed by atoms with Crippen molar-refractivity contribution in [3.05, 3.63) is 42.5 Å². The summed E-state index contributed by atoms with van der Waals surface area (Å²) >= 11 is 0. The summed E-state index contributed by atoms with van der Waals surface area (Å²) in [6, 6.07) is 13.3. The van der Waals surface area contributed by atoms with E-state index in [-0.39, 0.29) is 13.0 Å². The molecule has 2 rings (SSSR count). The average molecular weight is 271 g/mol. The van der Waals surface area contributed by atoms with Gasteiger partial charge in [0.05, 0.1) is 13.0 Å². The lowest BCUT2D eigenvalue weighted by Gasteiger charge is -2.12. The van der Waals surface area contributed by atoms with Crippen LogP contribution in [0.4, 0.5) is 0 Å². The second-order valence-electron chi connectivity index (χ2n) is 4.24. The van der Waals surface area contributed by atoms with E-state index in [4.69, 9.17) is 9.47 Å². The van der Waals surface area contributed by atoms with Crippen LogP contribution in [-0.4, -0.2) is 25.0 Å². The Morgan fingerprint density at radius 2 is 1.95 bits per heavy atom. The third kappa shape index (κ3) is 3.57. The van der Waals surface area contributed by atoms with Gasteiger partial charge in [-0.3, -0.25) is 9.59 Å². The zero-order chi connectivity index (χ0) is 14.4. The molecule has 0 fully saturated rings. The molecule has 0 N–H and O–H groups in total. The topological polar surface area (TPSA) is 52.6 Å². The van der Waals surface area contributed by atoms with Gasteiger partial charge >= 0.3 is 5.97 Å². The van der Waals surface area contributed by atoms with Crippen molar-refractivity contribution >= 4 is 23.0 Å². The number of carbonyl (C=O) groups is 1. The van der Waals surface area contributed by atoms with Crippen LogP contribution >= 0.6 is 0 Å². The Kier molecular flexibility index (Phi) is 4.71. The summed E-state index contributed by atoms with van der Waals surface area (Å²) in [5.41, 5.74) is 0. The van der Waals surface area contributed by atoms with Crippen LogP contribution in [0.25, 0.3) is 10.8 Å². The highest BCUT2D eigenvalue weighted by Crippen LogP contribution is 2.21. The number of hydrogen-bond acceptors (Lipinski definition) is 4. The zero-order valence-electron chi connectivity index (χ0n) is 11.2. The van der Waals surface area contributed by atoms with Crippen molar-refractivity contribution in [2.24, 2.45) is 0 Å². The molecule has 4 heteroatoms. The average Bonchev–Trinajstić information content (AvgIpc) is 2.46. The smallest absolute Gasteiger partial charge is 0.310 e. The van der Waals surface area contributed by atoms with Crippen molar-refractivity contribution in [1.29, 1.82) is 0 Å². The van der Waals surface area contributed by atoms with Gasteiger partial charge in [0.25, 0.3) is 0 Å². The normalized spacial score (nSPS) is 11.8. The molecule has 2 aromatic rings. The first-order valence-electron chi connectivity index (χ1n) is 6.41. The van der Waals surface area contributed by atoms with Gasteiger partial charge in [0, 0.05) is 0 Å². The molecule has 0 aromatic heterocycles. The van der Waals surface area contributed by atoms with E-state index in [0.717, 1.165) is 10.8 Å². The van der Waals surface area contributed by atoms with Crippen LogP contribution in [0.15, 0.2) is 42.5 Å². The molecule has 0 saturated heterocycles. The molecule has 20 heavy (non-hydrogen) atoms. The van der Waals surface area contributed by atoms with Gasteiger partial charge in [-0.1, -0.05) is 30.3 Å². The van der Waals surface area contributed by atoms with E-state index in [1.54, 1.807) is 19.3 Å². The fraction of sp³-hybridized carbons (Fsp3) is 0.250. The van der Waals surface area contributed by atoms with Crippen molar-refractivity contribution in [2.75, 3.05) is 6.61 Å². The summed E-state index contributed by atoms with van der Waals surface area (Å²) < 4.78 is 10.2. The minimum absolute atomic E-state index is 0.135. The van der Waals surface area contributed by atoms with E-state index in [1.807, 2.05) is 36.4 Å². The molecule has 1 atom stereocenters. The Balaban J connectivity index is 2.09. The third-order valence-electron chi connectivity index (χ3n) is 2.79. The van der Waals surface area contributed by atoms with E-state index < -0.39 is 12.1 Å². The molecule has 0 aliphatic rings. The molecule has 0 spiro atoms. The second-order valence-corrected chi connectivity index (χ2v) is 4.24. The molecular weight excluding hydrogens is 256 g/mol. The molecule has 0 aliphatic heterocycles. The van der Waals surface area contributed by atoms with Crippen LogP contribution < -0.4 is 4.74 Å². The second kappa shape index (κ2) is 6.70. The quantitative estimate of drug-likeness (QED) is 0.758. The van der Waals surface area contributed by atoms with E-state index in [1.165, 1.54) is 0 Å². The van der Waals surface area contributed by atoms with Crippen LogP contribution in [0.1, 0.15) is 13.3 Å². The number of ether oxygens (including phenoxy) is 2. The lowest BCUT2D eigenvalue weighted by Crippen LogP contribution is -2.23. The summed E-state index contributed by atoms with van der Waals surface area (Å²) in [5, 5.41) is 2.09. The van der Waals surface area contributed by atoms with Gasteiger partial charge < -0.3 is 9.47 Å². The van der Waals surface area contributed by atoms with Crippen molar-refractivity contribution < 1.29 is 19.1 Å². The van der Waals surface area contributed by atoms with Crippen molar-refractivity contribution in [2.45, 2.75) is 19.4 Å². The van der Waals surface area contributed by atoms with Gasteiger partial charge in [-0.2, -0.15) is 0 Å². The van der Waals surface area contributed by atoms with Crippen LogP contribution in [0.3, 0.4) is 0 Å². The maximum absolute atomic E-state index is 11.3. The molecule has 0 amide bonds. The predicted octanol–water partition coefficient (Wildman–Crippen LogP) is 2.65. The molecule has 0 saturated carbocycles. The first-order valence-corrected chi connectivity index (χ1v) is 6.41. The van der Waals surface area contributed by atoms with Gasteiger partial charge in [0.2, 0.25) is 6.29 Å². The Morgan fingerprint density at radius 1 is 1.20 bits per heavy atom. The van der Waals surface area contributed by atoms with Gasteiger partial charge in [-0.25, -0.2) is 0 Å². The lowest BCUT2D eigenvalue weighted by atomic mass is 10.1. The number of esters is 1. The Hall–Kier alpha value is -2.36. The molecule has 0 bridgehead atoms. The molecule has 2 aromatic carbocycles. The minimum Gasteiger partial charge on any atom is -0.482 e. The minimum atomic E-state index is -0.949. The maximum atomic E-state index is 11.3. The van der Waals surface area contributed by atoms with Gasteiger partial charge in [0.15, 0.2) is 6.10 Å². The van der Waals surface area contributed by atoms with Crippen LogP contribution in [-0.2, 0) is 14.3 Å². The van der Waals surface area contributed by atoms with Crippen molar-refractivity contribution in [3.63, 3.8) is 0 Å². The lowest BCUT2D eigenvalue weighted by molar-refractivity contribution is -0.144. The van der Waals surface area contributed by atoms with E-state index >= 15 is 0 Å². The number of hydrogen-bond donors (Lipinski definition) is 0. The largest absolute Gasteiger partial charge is 0.482 e. The van der Waals surface area contributed by atoms with E-state index in [0.29, 0.717) is 5.75 Å². The van der Waals surface area contributed by atoms with E-state index in [9.17, 15) is 9.59 Å². The summed E-state index contributed by atoms with van der Waals surface area (Å²) in [5.74, 6) is 0.0583. The standard InChI is InChI=1S/C16H15O4/c1-2-19-16(18)10-15(11-17)20-14-8-7-12-5-3-4-6-13(12)9-14/h3-9,15H,2,10H2,1H3. The number of benzene rings is 2. The summed E-state index contributed by atoms with van der Waals surface area (Å²) in [7, 11) is 0. The van der Waals surface area contributed by atoms with Crippen molar-refractivity contribution in [1.82, 2.24) is 0 Å². The summed E-state index contributed by atoms with van der Waals surface area (Å²) in [6.45, 7) is 1.99. The first kappa shape index (κ1) is 14.1. The Morgan fingerprint density at radius 3 is 2.65 bits per heavy atom. The summed E-state index contributed by atoms with van der Waals surface area (Å²) in [6.07, 6.45) is 0.631. The zero-order valence-corrected chi connectivity index (χ0v) is 11.2. The van der Waals surface area contributed by atoms with Crippen molar-refractivity contribution in [3.8, 4) is 5.75 Å². The molecule has 0 aliphatic carbocycles. The number of fused-ring (bicyclic) bond motifs is 1. The monoisotopic (exact) mass is 271 g/mol. The first-order chi connectivity index (χ1) is 9.72. The fourth-order valence-electron chi connectivity index (χ4n) is 1.88. The molecular formula is C16H15O4. The van der Waals surface area contributed by atoms with Crippen LogP contribution in [0.5, 0.6) is 5.75 Å². The molecule has 103 valence electrons. The van der Waals surface area contributed by atoms with Gasteiger partial charge in [0.1, 0.15) is 5.75 Å². The van der Waals surface area contributed by atoms with Gasteiger partial charge in [-0.15, -0.1) is 0 Å². The maximum Gasteiger partial charge on any atom is 0.310 e. The van der Waals surface area contributed by atoms with Crippen LogP contribution in [0, 0.1) is 0 Å². The Bertz CT molecular complexity index is 606. The fourth-order valence-corrected chi connectivity index (χ4v) is 1.88. The number of carbonyl (C=O) groups excluding carboxylic acids is 2. The predicted molar refractivity (Wildman–Crippen MR) is 75.3 cm³/mol. The molecule has 1 unspecified atom stereocenters. The third-order valence-corrected chi connectivity index (χ3v) is 2.79. The highest BCUT2D eigenvalue weighted by atomic mass is 16.5. The molecule has 0 heterocycles. The van der Waals surface area contributed by atoms with E-state index in [2.05, 4.69) is 0 Å². The highest BCUT2D eigenvalue weighted by Gasteiger charge is 2.16. The number of rotatable bonds is 6. The van der Waals surface area contributed by atoms with Crippen LogP contribution in [0.2, 0.25) is 0 Å². The van der Waals surface area contributed by atoms with Gasteiger partial charge in [-0.05, 0) is 29.8 Å². The summed E-state index contributed by atoms with van der Waals surface area (Å²) in [4.78, 5) is 22.2.